The molecule has 19 heavy (non-hydrogen) atoms. The van der Waals surface area contributed by atoms with Gasteiger partial charge >= 0.3 is 5.51 Å². The molecule has 0 saturated carbocycles. The summed E-state index contributed by atoms with van der Waals surface area (Å²) >= 11 is 6.53. The van der Waals surface area contributed by atoms with E-state index in [0.717, 1.165) is 5.56 Å². The second-order valence-electron chi connectivity index (χ2n) is 3.39. The summed E-state index contributed by atoms with van der Waals surface area (Å²) < 4.78 is 47.1. The summed E-state index contributed by atoms with van der Waals surface area (Å²) in [6, 6.07) is 3.59. The lowest BCUT2D eigenvalue weighted by Crippen LogP contribution is -2.08. The Balaban J connectivity index is 2.67. The van der Waals surface area contributed by atoms with Crippen LogP contribution in [0.4, 0.5) is 13.2 Å². The molecule has 0 aliphatic heterocycles. The fraction of sp³-hybridized carbons (Fsp3) is 0.455. The van der Waals surface area contributed by atoms with Crippen molar-refractivity contribution < 1.29 is 22.6 Å². The highest BCUT2D eigenvalue weighted by Crippen LogP contribution is 2.37. The van der Waals surface area contributed by atoms with Crippen LogP contribution >= 0.6 is 43.6 Å². The van der Waals surface area contributed by atoms with E-state index in [9.17, 15) is 13.2 Å². The summed E-state index contributed by atoms with van der Waals surface area (Å²) in [5.74, 6) is 0.732. The van der Waals surface area contributed by atoms with Gasteiger partial charge in [0.15, 0.2) is 11.5 Å². The minimum atomic E-state index is -4.23. The van der Waals surface area contributed by atoms with Gasteiger partial charge in [-0.15, -0.1) is 0 Å². The molecule has 108 valence electrons. The van der Waals surface area contributed by atoms with Gasteiger partial charge in [0.2, 0.25) is 0 Å². The Bertz CT molecular complexity index is 427. The van der Waals surface area contributed by atoms with Crippen LogP contribution in [0.1, 0.15) is 5.56 Å². The zero-order chi connectivity index (χ0) is 14.5. The maximum atomic E-state index is 12.0. The molecule has 0 amide bonds. The molecule has 2 nitrogen and oxygen atoms in total. The van der Waals surface area contributed by atoms with Crippen LogP contribution in [0, 0.1) is 0 Å². The van der Waals surface area contributed by atoms with Gasteiger partial charge in [-0.3, -0.25) is 0 Å². The third-order valence-electron chi connectivity index (χ3n) is 2.04. The third kappa shape index (κ3) is 5.83. The molecule has 0 atom stereocenters. The van der Waals surface area contributed by atoms with Crippen LogP contribution in [0.25, 0.3) is 0 Å². The number of rotatable bonds is 6. The predicted molar refractivity (Wildman–Crippen MR) is 77.3 cm³/mol. The smallest absolute Gasteiger partial charge is 0.441 e. The van der Waals surface area contributed by atoms with Crippen LogP contribution in [-0.4, -0.2) is 25.0 Å². The maximum Gasteiger partial charge on any atom is 0.441 e. The monoisotopic (exact) mass is 422 g/mol. The molecule has 0 unspecified atom stereocenters. The first-order chi connectivity index (χ1) is 8.87. The molecule has 0 aliphatic rings. The van der Waals surface area contributed by atoms with E-state index in [-0.39, 0.29) is 24.1 Å². The van der Waals surface area contributed by atoms with Crippen LogP contribution in [0.15, 0.2) is 16.6 Å². The zero-order valence-electron chi connectivity index (χ0n) is 9.89. The Morgan fingerprint density at radius 3 is 2.53 bits per heavy atom. The van der Waals surface area contributed by atoms with Gasteiger partial charge < -0.3 is 9.47 Å². The molecule has 0 saturated heterocycles. The van der Waals surface area contributed by atoms with E-state index in [2.05, 4.69) is 31.9 Å². The molecule has 0 aromatic heterocycles. The number of hydrogen-bond donors (Lipinski definition) is 0. The summed E-state index contributed by atoms with van der Waals surface area (Å²) in [4.78, 5) is 0. The van der Waals surface area contributed by atoms with Gasteiger partial charge in [-0.1, -0.05) is 15.9 Å². The third-order valence-corrected chi connectivity index (χ3v) is 3.97. The highest BCUT2D eigenvalue weighted by molar-refractivity contribution is 9.10. The van der Waals surface area contributed by atoms with E-state index >= 15 is 0 Å². The molecular formula is C11H11Br2F3O2S. The van der Waals surface area contributed by atoms with Crippen molar-refractivity contribution in [2.45, 2.75) is 10.8 Å². The number of methoxy groups -OCH3 is 1. The molecule has 8 heteroatoms. The standard InChI is InChI=1S/C11H11Br2F3O2S/c1-17-9-5-7(6-12)4-8(13)10(9)18-2-3-19-11(14,15)16/h4-5H,2-3,6H2,1H3. The Hall–Kier alpha value is -0.0800. The van der Waals surface area contributed by atoms with Crippen molar-refractivity contribution in [2.75, 3.05) is 19.5 Å². The molecule has 1 rings (SSSR count). The van der Waals surface area contributed by atoms with Crippen molar-refractivity contribution in [1.82, 2.24) is 0 Å². The molecule has 0 bridgehead atoms. The topological polar surface area (TPSA) is 18.5 Å². The van der Waals surface area contributed by atoms with E-state index in [1.54, 1.807) is 6.07 Å². The first-order valence-electron chi connectivity index (χ1n) is 5.13. The van der Waals surface area contributed by atoms with Crippen LogP contribution in [-0.2, 0) is 5.33 Å². The number of thioether (sulfide) groups is 1. The van der Waals surface area contributed by atoms with Gasteiger partial charge in [-0.05, 0) is 45.4 Å². The lowest BCUT2D eigenvalue weighted by Gasteiger charge is -2.14. The van der Waals surface area contributed by atoms with E-state index in [0.29, 0.717) is 21.3 Å². The number of ether oxygens (including phenoxy) is 2. The summed E-state index contributed by atoms with van der Waals surface area (Å²) in [5, 5.41) is 0.645. The lowest BCUT2D eigenvalue weighted by molar-refractivity contribution is -0.0329. The molecular weight excluding hydrogens is 413 g/mol. The zero-order valence-corrected chi connectivity index (χ0v) is 13.9. The molecule has 0 heterocycles. The van der Waals surface area contributed by atoms with E-state index in [1.807, 2.05) is 6.07 Å². The van der Waals surface area contributed by atoms with Crippen molar-refractivity contribution in [3.63, 3.8) is 0 Å². The largest absolute Gasteiger partial charge is 0.493 e. The van der Waals surface area contributed by atoms with Gasteiger partial charge in [0.1, 0.15) is 0 Å². The minimum Gasteiger partial charge on any atom is -0.493 e. The maximum absolute atomic E-state index is 12.0. The molecule has 1 aromatic carbocycles. The Labute approximate surface area is 130 Å². The first-order valence-corrected chi connectivity index (χ1v) is 8.03. The molecule has 0 spiro atoms. The summed E-state index contributed by atoms with van der Waals surface area (Å²) in [6.45, 7) is -0.0488. The van der Waals surface area contributed by atoms with E-state index in [4.69, 9.17) is 9.47 Å². The number of hydrogen-bond acceptors (Lipinski definition) is 3. The van der Waals surface area contributed by atoms with Crippen molar-refractivity contribution in [3.05, 3.63) is 22.2 Å². The van der Waals surface area contributed by atoms with Crippen molar-refractivity contribution >= 4 is 43.6 Å². The van der Waals surface area contributed by atoms with Crippen LogP contribution in [0.5, 0.6) is 11.5 Å². The Morgan fingerprint density at radius 1 is 1.32 bits per heavy atom. The van der Waals surface area contributed by atoms with Crippen LogP contribution in [0.3, 0.4) is 0 Å². The molecule has 0 fully saturated rings. The van der Waals surface area contributed by atoms with E-state index < -0.39 is 5.51 Å². The minimum absolute atomic E-state index is 0.0488. The quantitative estimate of drug-likeness (QED) is 0.474. The van der Waals surface area contributed by atoms with Crippen LogP contribution in [0.2, 0.25) is 0 Å². The average molecular weight is 424 g/mol. The highest BCUT2D eigenvalue weighted by atomic mass is 79.9. The summed E-state index contributed by atoms with van der Waals surface area (Å²) in [7, 11) is 1.48. The second-order valence-corrected chi connectivity index (χ2v) is 5.96. The predicted octanol–water partition coefficient (Wildman–Crippen LogP) is 4.98. The van der Waals surface area contributed by atoms with Crippen LogP contribution < -0.4 is 9.47 Å². The van der Waals surface area contributed by atoms with Crippen molar-refractivity contribution in [2.24, 2.45) is 0 Å². The Kier molecular flexibility index (Phi) is 6.82. The van der Waals surface area contributed by atoms with Gasteiger partial charge in [0, 0.05) is 11.1 Å². The van der Waals surface area contributed by atoms with Gasteiger partial charge in [-0.25, -0.2) is 0 Å². The van der Waals surface area contributed by atoms with Gasteiger partial charge in [-0.2, -0.15) is 13.2 Å². The molecule has 0 radical (unpaired) electrons. The highest BCUT2D eigenvalue weighted by Gasteiger charge is 2.27. The van der Waals surface area contributed by atoms with E-state index in [1.165, 1.54) is 7.11 Å². The normalized spacial score (nSPS) is 11.5. The van der Waals surface area contributed by atoms with Crippen molar-refractivity contribution in [3.8, 4) is 11.5 Å². The number of benzene rings is 1. The fourth-order valence-corrected chi connectivity index (χ4v) is 2.62. The summed E-state index contributed by atoms with van der Waals surface area (Å²) in [6.07, 6.45) is 0. The first kappa shape index (κ1) is 17.0. The Morgan fingerprint density at radius 2 is 2.00 bits per heavy atom. The average Bonchev–Trinajstić information content (AvgIpc) is 2.34. The SMILES string of the molecule is COc1cc(CBr)cc(Br)c1OCCSC(F)(F)F. The molecule has 1 aromatic rings. The summed E-state index contributed by atoms with van der Waals surface area (Å²) in [5.41, 5.74) is -3.26. The van der Waals surface area contributed by atoms with Gasteiger partial charge in [0.05, 0.1) is 18.2 Å². The number of alkyl halides is 4. The van der Waals surface area contributed by atoms with Crippen molar-refractivity contribution in [1.29, 1.82) is 0 Å². The fourth-order valence-electron chi connectivity index (χ4n) is 1.29. The van der Waals surface area contributed by atoms with Gasteiger partial charge in [0.25, 0.3) is 0 Å². The number of halogens is 5. The molecule has 0 N–H and O–H groups in total. The molecule has 0 aliphatic carbocycles. The second kappa shape index (κ2) is 7.64. The lowest BCUT2D eigenvalue weighted by atomic mass is 10.2.